The lowest BCUT2D eigenvalue weighted by Crippen LogP contribution is -2.34. The Bertz CT molecular complexity index is 873. The molecule has 0 bridgehead atoms. The first kappa shape index (κ1) is 20.7. The van der Waals surface area contributed by atoms with Crippen LogP contribution in [-0.2, 0) is 4.79 Å². The molecular weight excluding hydrogens is 364 g/mol. The largest absolute Gasteiger partial charge is 0.493 e. The SMILES string of the molecule is COc1ccc(Nc2nc(NC(C)C(C)C(N)=O)cnc2C(N)=O)cc1OC. The summed E-state index contributed by atoms with van der Waals surface area (Å²) in [4.78, 5) is 31.5. The van der Waals surface area contributed by atoms with Crippen molar-refractivity contribution in [3.63, 3.8) is 0 Å². The van der Waals surface area contributed by atoms with Gasteiger partial charge in [-0.2, -0.15) is 0 Å². The van der Waals surface area contributed by atoms with Crippen LogP contribution in [0.4, 0.5) is 17.3 Å². The normalized spacial score (nSPS) is 12.6. The van der Waals surface area contributed by atoms with E-state index in [0.29, 0.717) is 23.0 Å². The summed E-state index contributed by atoms with van der Waals surface area (Å²) in [5.41, 5.74) is 11.3. The van der Waals surface area contributed by atoms with Crippen molar-refractivity contribution in [2.24, 2.45) is 17.4 Å². The molecule has 0 aliphatic heterocycles. The summed E-state index contributed by atoms with van der Waals surface area (Å²) in [5, 5.41) is 6.05. The molecule has 0 aliphatic carbocycles. The average Bonchev–Trinajstić information content (AvgIpc) is 2.66. The summed E-state index contributed by atoms with van der Waals surface area (Å²) in [6.07, 6.45) is 1.37. The molecule has 2 aromatic rings. The summed E-state index contributed by atoms with van der Waals surface area (Å²) in [6, 6.07) is 4.83. The van der Waals surface area contributed by atoms with Crippen LogP contribution in [0.1, 0.15) is 24.3 Å². The van der Waals surface area contributed by atoms with Crippen LogP contribution in [0, 0.1) is 5.92 Å². The highest BCUT2D eigenvalue weighted by Gasteiger charge is 2.19. The van der Waals surface area contributed by atoms with Crippen LogP contribution in [0.5, 0.6) is 11.5 Å². The zero-order chi connectivity index (χ0) is 20.8. The van der Waals surface area contributed by atoms with Crippen LogP contribution in [0.25, 0.3) is 0 Å². The van der Waals surface area contributed by atoms with E-state index in [2.05, 4.69) is 20.6 Å². The van der Waals surface area contributed by atoms with Gasteiger partial charge < -0.3 is 31.6 Å². The van der Waals surface area contributed by atoms with Crippen LogP contribution < -0.4 is 31.6 Å². The summed E-state index contributed by atoms with van der Waals surface area (Å²) < 4.78 is 10.5. The third-order valence-corrected chi connectivity index (χ3v) is 4.23. The number of primary amides is 2. The fourth-order valence-corrected chi connectivity index (χ4v) is 2.38. The summed E-state index contributed by atoms with van der Waals surface area (Å²) in [5.74, 6) is -0.0405. The number of hydrogen-bond acceptors (Lipinski definition) is 8. The van der Waals surface area contributed by atoms with Gasteiger partial charge in [-0.1, -0.05) is 6.92 Å². The number of carbonyl (C=O) groups is 2. The number of benzene rings is 1. The third kappa shape index (κ3) is 4.78. The van der Waals surface area contributed by atoms with Gasteiger partial charge in [-0.15, -0.1) is 0 Å². The lowest BCUT2D eigenvalue weighted by atomic mass is 10.0. The Morgan fingerprint density at radius 2 is 1.79 bits per heavy atom. The molecule has 0 saturated carbocycles. The molecule has 2 amide bonds. The number of methoxy groups -OCH3 is 2. The topological polar surface area (TPSA) is 154 Å². The predicted molar refractivity (Wildman–Crippen MR) is 105 cm³/mol. The van der Waals surface area contributed by atoms with E-state index in [9.17, 15) is 9.59 Å². The number of nitrogens with one attached hydrogen (secondary N) is 2. The molecule has 0 radical (unpaired) electrons. The maximum absolute atomic E-state index is 11.7. The first-order valence-corrected chi connectivity index (χ1v) is 8.48. The average molecular weight is 388 g/mol. The number of carbonyl (C=O) groups excluding carboxylic acids is 2. The molecule has 28 heavy (non-hydrogen) atoms. The van der Waals surface area contributed by atoms with Crippen molar-refractivity contribution >= 4 is 29.1 Å². The molecule has 1 heterocycles. The number of anilines is 3. The molecule has 2 unspecified atom stereocenters. The van der Waals surface area contributed by atoms with E-state index >= 15 is 0 Å². The molecule has 1 aromatic heterocycles. The smallest absolute Gasteiger partial charge is 0.271 e. The predicted octanol–water partition coefficient (Wildman–Crippen LogP) is 1.26. The van der Waals surface area contributed by atoms with Gasteiger partial charge in [-0.25, -0.2) is 9.97 Å². The monoisotopic (exact) mass is 388 g/mol. The van der Waals surface area contributed by atoms with Crippen LogP contribution in [0.15, 0.2) is 24.4 Å². The zero-order valence-corrected chi connectivity index (χ0v) is 16.1. The van der Waals surface area contributed by atoms with Gasteiger partial charge in [0, 0.05) is 17.8 Å². The molecule has 0 fully saturated rings. The van der Waals surface area contributed by atoms with E-state index in [0.717, 1.165) is 0 Å². The number of hydrogen-bond donors (Lipinski definition) is 4. The minimum atomic E-state index is -0.736. The van der Waals surface area contributed by atoms with Crippen molar-refractivity contribution in [1.29, 1.82) is 0 Å². The minimum absolute atomic E-state index is 0.0315. The Balaban J connectivity index is 2.33. The number of nitrogens with two attached hydrogens (primary N) is 2. The lowest BCUT2D eigenvalue weighted by molar-refractivity contribution is -0.121. The molecule has 2 atom stereocenters. The van der Waals surface area contributed by atoms with E-state index in [4.69, 9.17) is 20.9 Å². The molecule has 10 heteroatoms. The minimum Gasteiger partial charge on any atom is -0.493 e. The van der Waals surface area contributed by atoms with Gasteiger partial charge in [0.05, 0.1) is 26.3 Å². The van der Waals surface area contributed by atoms with Gasteiger partial charge in [0.15, 0.2) is 23.0 Å². The molecule has 10 nitrogen and oxygen atoms in total. The quantitative estimate of drug-likeness (QED) is 0.500. The second-order valence-electron chi connectivity index (χ2n) is 6.14. The molecular formula is C18H24N6O4. The van der Waals surface area contributed by atoms with Crippen LogP contribution in [-0.4, -0.2) is 42.0 Å². The van der Waals surface area contributed by atoms with Crippen LogP contribution >= 0.6 is 0 Å². The Labute approximate surface area is 162 Å². The van der Waals surface area contributed by atoms with Gasteiger partial charge >= 0.3 is 0 Å². The standard InChI is InChI=1S/C18H24N6O4/c1-9(16(19)25)10(2)22-14-8-21-15(17(20)26)18(24-14)23-11-5-6-12(27-3)13(7-11)28-4/h5-10H,1-4H3,(H2,19,25)(H2,20,26)(H2,22,23,24). The molecule has 0 aliphatic rings. The van der Waals surface area contributed by atoms with Gasteiger partial charge in [0.25, 0.3) is 5.91 Å². The van der Waals surface area contributed by atoms with E-state index in [1.807, 2.05) is 0 Å². The highest BCUT2D eigenvalue weighted by molar-refractivity contribution is 5.96. The Morgan fingerprint density at radius 3 is 2.36 bits per heavy atom. The Kier molecular flexibility index (Phi) is 6.59. The molecule has 0 spiro atoms. The molecule has 0 saturated heterocycles. The summed E-state index contributed by atoms with van der Waals surface area (Å²) >= 11 is 0. The van der Waals surface area contributed by atoms with Gasteiger partial charge in [0.1, 0.15) is 5.82 Å². The van der Waals surface area contributed by atoms with E-state index < -0.39 is 17.7 Å². The first-order chi connectivity index (χ1) is 13.3. The maximum Gasteiger partial charge on any atom is 0.271 e. The number of ether oxygens (including phenoxy) is 2. The molecule has 6 N–H and O–H groups in total. The van der Waals surface area contributed by atoms with Crippen molar-refractivity contribution in [3.8, 4) is 11.5 Å². The molecule has 150 valence electrons. The Hall–Kier alpha value is -3.56. The highest BCUT2D eigenvalue weighted by atomic mass is 16.5. The van der Waals surface area contributed by atoms with Gasteiger partial charge in [0.2, 0.25) is 5.91 Å². The maximum atomic E-state index is 11.7. The van der Waals surface area contributed by atoms with Gasteiger partial charge in [-0.3, -0.25) is 9.59 Å². The lowest BCUT2D eigenvalue weighted by Gasteiger charge is -2.20. The van der Waals surface area contributed by atoms with E-state index in [1.165, 1.54) is 20.4 Å². The van der Waals surface area contributed by atoms with Crippen LogP contribution in [0.3, 0.4) is 0 Å². The van der Waals surface area contributed by atoms with Crippen molar-refractivity contribution in [2.45, 2.75) is 19.9 Å². The highest BCUT2D eigenvalue weighted by Crippen LogP contribution is 2.31. The van der Waals surface area contributed by atoms with Crippen molar-refractivity contribution in [1.82, 2.24) is 9.97 Å². The zero-order valence-electron chi connectivity index (χ0n) is 16.1. The Morgan fingerprint density at radius 1 is 1.11 bits per heavy atom. The van der Waals surface area contributed by atoms with E-state index in [1.54, 1.807) is 32.0 Å². The van der Waals surface area contributed by atoms with Crippen LogP contribution in [0.2, 0.25) is 0 Å². The summed E-state index contributed by atoms with van der Waals surface area (Å²) in [7, 11) is 3.05. The van der Waals surface area contributed by atoms with Gasteiger partial charge in [-0.05, 0) is 19.1 Å². The number of nitrogens with zero attached hydrogens (tertiary/aromatic N) is 2. The fourth-order valence-electron chi connectivity index (χ4n) is 2.38. The van der Waals surface area contributed by atoms with Crippen molar-refractivity contribution < 1.29 is 19.1 Å². The first-order valence-electron chi connectivity index (χ1n) is 8.48. The molecule has 2 rings (SSSR count). The number of rotatable bonds is 9. The van der Waals surface area contributed by atoms with E-state index in [-0.39, 0.29) is 17.6 Å². The van der Waals surface area contributed by atoms with Crippen molar-refractivity contribution in [3.05, 3.63) is 30.1 Å². The second kappa shape index (κ2) is 8.89. The third-order valence-electron chi connectivity index (χ3n) is 4.23. The number of aromatic nitrogens is 2. The summed E-state index contributed by atoms with van der Waals surface area (Å²) in [6.45, 7) is 3.49. The number of amides is 2. The molecule has 1 aromatic carbocycles. The van der Waals surface area contributed by atoms with Crippen molar-refractivity contribution in [2.75, 3.05) is 24.9 Å². The second-order valence-corrected chi connectivity index (χ2v) is 6.14. The fraction of sp³-hybridized carbons (Fsp3) is 0.333.